The van der Waals surface area contributed by atoms with Gasteiger partial charge >= 0.3 is 0 Å². The minimum atomic E-state index is -2.68. The highest BCUT2D eigenvalue weighted by Gasteiger charge is 2.17. The lowest BCUT2D eigenvalue weighted by Gasteiger charge is -2.10. The summed E-state index contributed by atoms with van der Waals surface area (Å²) >= 11 is 0.215. The lowest BCUT2D eigenvalue weighted by molar-refractivity contribution is 0.102. The van der Waals surface area contributed by atoms with Crippen LogP contribution in [0.15, 0.2) is 58.5 Å². The van der Waals surface area contributed by atoms with E-state index >= 15 is 0 Å². The normalized spacial score (nSPS) is 10.9. The third kappa shape index (κ3) is 4.80. The van der Waals surface area contributed by atoms with E-state index in [-0.39, 0.29) is 27.9 Å². The Morgan fingerprint density at radius 3 is 2.82 bits per heavy atom. The molecule has 2 aromatic heterocycles. The first-order chi connectivity index (χ1) is 13.5. The second-order valence-electron chi connectivity index (χ2n) is 5.71. The number of hydrogen-bond donors (Lipinski definition) is 2. The molecule has 0 unspecified atom stereocenters. The van der Waals surface area contributed by atoms with Gasteiger partial charge in [-0.1, -0.05) is 19.1 Å². The Hall–Kier alpha value is -3.07. The number of aromatic amines is 1. The number of nitrogens with zero attached hydrogens (tertiary/aromatic N) is 2. The van der Waals surface area contributed by atoms with Crippen molar-refractivity contribution in [3.63, 3.8) is 0 Å². The minimum absolute atomic E-state index is 0.0483. The number of anilines is 1. The maximum absolute atomic E-state index is 12.7. The summed E-state index contributed by atoms with van der Waals surface area (Å²) in [7, 11) is 0. The quantitative estimate of drug-likeness (QED) is 0.610. The number of amides is 1. The van der Waals surface area contributed by atoms with Gasteiger partial charge in [-0.3, -0.25) is 9.59 Å². The van der Waals surface area contributed by atoms with Gasteiger partial charge in [0.05, 0.1) is 5.56 Å². The molecule has 1 aromatic carbocycles. The van der Waals surface area contributed by atoms with Crippen LogP contribution in [-0.4, -0.2) is 26.6 Å². The summed E-state index contributed by atoms with van der Waals surface area (Å²) in [5.74, 6) is -2.86. The van der Waals surface area contributed by atoms with Crippen LogP contribution >= 0.6 is 11.8 Å². The number of rotatable bonds is 6. The number of carbonyl (C=O) groups excluding carboxylic acids is 1. The van der Waals surface area contributed by atoms with Crippen LogP contribution in [-0.2, 0) is 6.42 Å². The van der Waals surface area contributed by atoms with Crippen molar-refractivity contribution in [3.05, 3.63) is 70.3 Å². The van der Waals surface area contributed by atoms with Crippen LogP contribution in [0.4, 0.5) is 14.5 Å². The first-order valence-electron chi connectivity index (χ1n) is 8.38. The van der Waals surface area contributed by atoms with Crippen molar-refractivity contribution in [3.8, 4) is 11.4 Å². The SMILES string of the molecule is CCc1cc(=O)[nH]c(-c2cccc(NC(=O)c3cccnc3SC(F)F)c2)n1. The molecular formula is C19H16F2N4O2S. The summed E-state index contributed by atoms with van der Waals surface area (Å²) in [5.41, 5.74) is 1.48. The molecule has 0 spiro atoms. The topological polar surface area (TPSA) is 87.7 Å². The Kier molecular flexibility index (Phi) is 6.15. The van der Waals surface area contributed by atoms with Crippen molar-refractivity contribution in [2.45, 2.75) is 24.1 Å². The number of hydrogen-bond acceptors (Lipinski definition) is 5. The fourth-order valence-corrected chi connectivity index (χ4v) is 3.09. The standard InChI is InChI=1S/C19H16F2N4O2S/c1-2-12-10-15(26)25-16(23-12)11-5-3-6-13(9-11)24-17(27)14-7-4-8-22-18(14)28-19(20)21/h3-10,19H,2H2,1H3,(H,24,27)(H,23,25,26). The van der Waals surface area contributed by atoms with E-state index in [4.69, 9.17) is 0 Å². The molecule has 2 N–H and O–H groups in total. The lowest BCUT2D eigenvalue weighted by atomic mass is 10.1. The zero-order chi connectivity index (χ0) is 20.1. The van der Waals surface area contributed by atoms with E-state index in [1.807, 2.05) is 6.92 Å². The molecule has 28 heavy (non-hydrogen) atoms. The molecular weight excluding hydrogens is 386 g/mol. The second kappa shape index (κ2) is 8.75. The summed E-state index contributed by atoms with van der Waals surface area (Å²) in [6, 6.07) is 11.1. The Bertz CT molecular complexity index is 1060. The third-order valence-electron chi connectivity index (χ3n) is 3.77. The maximum Gasteiger partial charge on any atom is 0.290 e. The maximum atomic E-state index is 12.7. The number of aryl methyl sites for hydroxylation is 1. The predicted octanol–water partition coefficient (Wildman–Crippen LogP) is 3.96. The van der Waals surface area contributed by atoms with Gasteiger partial charge in [0.25, 0.3) is 17.2 Å². The van der Waals surface area contributed by atoms with E-state index in [9.17, 15) is 18.4 Å². The summed E-state index contributed by atoms with van der Waals surface area (Å²) < 4.78 is 25.4. The van der Waals surface area contributed by atoms with Gasteiger partial charge in [-0.25, -0.2) is 9.97 Å². The number of benzene rings is 1. The molecule has 0 aliphatic heterocycles. The van der Waals surface area contributed by atoms with E-state index in [0.717, 1.165) is 0 Å². The third-order valence-corrected chi connectivity index (χ3v) is 4.49. The average Bonchev–Trinajstić information content (AvgIpc) is 2.67. The zero-order valence-electron chi connectivity index (χ0n) is 14.8. The highest BCUT2D eigenvalue weighted by molar-refractivity contribution is 7.99. The van der Waals surface area contributed by atoms with Gasteiger partial charge < -0.3 is 10.3 Å². The van der Waals surface area contributed by atoms with Crippen LogP contribution in [0.2, 0.25) is 0 Å². The molecule has 9 heteroatoms. The van der Waals surface area contributed by atoms with Crippen LogP contribution in [0.1, 0.15) is 23.0 Å². The number of nitrogens with one attached hydrogen (secondary N) is 2. The Morgan fingerprint density at radius 1 is 1.25 bits per heavy atom. The molecule has 0 bridgehead atoms. The molecule has 6 nitrogen and oxygen atoms in total. The van der Waals surface area contributed by atoms with Crippen molar-refractivity contribution in [2.24, 2.45) is 0 Å². The van der Waals surface area contributed by atoms with Gasteiger partial charge in [-0.15, -0.1) is 0 Å². The fraction of sp³-hybridized carbons (Fsp3) is 0.158. The fourth-order valence-electron chi connectivity index (χ4n) is 2.51. The molecule has 0 radical (unpaired) electrons. The van der Waals surface area contributed by atoms with E-state index in [1.54, 1.807) is 24.3 Å². The van der Waals surface area contributed by atoms with Gasteiger partial charge in [0.1, 0.15) is 10.9 Å². The molecule has 2 heterocycles. The molecule has 0 fully saturated rings. The monoisotopic (exact) mass is 402 g/mol. The van der Waals surface area contributed by atoms with Crippen molar-refractivity contribution in [1.82, 2.24) is 15.0 Å². The molecule has 3 rings (SSSR count). The molecule has 1 amide bonds. The second-order valence-corrected chi connectivity index (χ2v) is 6.69. The minimum Gasteiger partial charge on any atom is -0.322 e. The number of aromatic nitrogens is 3. The van der Waals surface area contributed by atoms with E-state index in [0.29, 0.717) is 29.2 Å². The summed E-state index contributed by atoms with van der Waals surface area (Å²) in [5, 5.41) is 2.62. The zero-order valence-corrected chi connectivity index (χ0v) is 15.6. The molecule has 0 saturated carbocycles. The Balaban J connectivity index is 1.87. The number of alkyl halides is 2. The van der Waals surface area contributed by atoms with Crippen LogP contribution in [0.3, 0.4) is 0 Å². The number of H-pyrrole nitrogens is 1. The number of thioether (sulfide) groups is 1. The largest absolute Gasteiger partial charge is 0.322 e. The van der Waals surface area contributed by atoms with Gasteiger partial charge in [0.2, 0.25) is 0 Å². The number of carbonyl (C=O) groups is 1. The highest BCUT2D eigenvalue weighted by Crippen LogP contribution is 2.27. The highest BCUT2D eigenvalue weighted by atomic mass is 32.2. The summed E-state index contributed by atoms with van der Waals surface area (Å²) in [4.78, 5) is 35.2. The predicted molar refractivity (Wildman–Crippen MR) is 104 cm³/mol. The first kappa shape index (κ1) is 19.7. The van der Waals surface area contributed by atoms with E-state index < -0.39 is 11.7 Å². The van der Waals surface area contributed by atoms with Gasteiger partial charge in [-0.2, -0.15) is 8.78 Å². The molecule has 0 atom stereocenters. The molecule has 0 saturated heterocycles. The smallest absolute Gasteiger partial charge is 0.290 e. The van der Waals surface area contributed by atoms with Crippen LogP contribution in [0.5, 0.6) is 0 Å². The van der Waals surface area contributed by atoms with Crippen molar-refractivity contribution in [1.29, 1.82) is 0 Å². The van der Waals surface area contributed by atoms with Crippen molar-refractivity contribution < 1.29 is 13.6 Å². The molecule has 0 aliphatic carbocycles. The van der Waals surface area contributed by atoms with E-state index in [1.165, 1.54) is 24.4 Å². The Labute approximate surface area is 163 Å². The van der Waals surface area contributed by atoms with Gasteiger partial charge in [-0.05, 0) is 42.4 Å². The number of pyridine rings is 1. The van der Waals surface area contributed by atoms with E-state index in [2.05, 4.69) is 20.3 Å². The van der Waals surface area contributed by atoms with Crippen LogP contribution < -0.4 is 10.9 Å². The number of halogens is 2. The molecule has 0 aliphatic rings. The van der Waals surface area contributed by atoms with Gasteiger partial charge in [0, 0.05) is 29.2 Å². The van der Waals surface area contributed by atoms with Crippen molar-refractivity contribution >= 4 is 23.4 Å². The van der Waals surface area contributed by atoms with Gasteiger partial charge in [0.15, 0.2) is 0 Å². The first-order valence-corrected chi connectivity index (χ1v) is 9.26. The molecule has 3 aromatic rings. The Morgan fingerprint density at radius 2 is 2.07 bits per heavy atom. The lowest BCUT2D eigenvalue weighted by Crippen LogP contribution is -2.14. The van der Waals surface area contributed by atoms with Crippen LogP contribution in [0.25, 0.3) is 11.4 Å². The van der Waals surface area contributed by atoms with Crippen LogP contribution in [0, 0.1) is 0 Å². The molecule has 144 valence electrons. The van der Waals surface area contributed by atoms with Crippen molar-refractivity contribution in [2.75, 3.05) is 5.32 Å². The summed E-state index contributed by atoms with van der Waals surface area (Å²) in [6.07, 6.45) is 1.96. The summed E-state index contributed by atoms with van der Waals surface area (Å²) in [6.45, 7) is 1.89. The average molecular weight is 402 g/mol.